The van der Waals surface area contributed by atoms with Gasteiger partial charge in [-0.1, -0.05) is 25.4 Å². The molecular weight excluding hydrogens is 266 g/mol. The van der Waals surface area contributed by atoms with Gasteiger partial charge in [0.15, 0.2) is 0 Å². The van der Waals surface area contributed by atoms with Crippen molar-refractivity contribution >= 4 is 29.2 Å². The molecule has 0 bridgehead atoms. The molecule has 1 aromatic rings. The van der Waals surface area contributed by atoms with Crippen LogP contribution in [0.1, 0.15) is 26.7 Å². The van der Waals surface area contributed by atoms with Gasteiger partial charge >= 0.3 is 5.97 Å². The van der Waals surface area contributed by atoms with E-state index < -0.39 is 5.97 Å². The summed E-state index contributed by atoms with van der Waals surface area (Å²) in [6, 6.07) is 6.61. The molecule has 0 saturated carbocycles. The lowest BCUT2D eigenvalue weighted by atomic mass is 10.0. The van der Waals surface area contributed by atoms with Gasteiger partial charge in [0, 0.05) is 16.6 Å². The van der Waals surface area contributed by atoms with E-state index in [1.165, 1.54) is 4.90 Å². The number of carbonyl (C=O) groups excluding carboxylic acids is 1. The Bertz CT molecular complexity index is 441. The molecule has 0 atom stereocenters. The third-order valence-electron chi connectivity index (χ3n) is 3.03. The largest absolute Gasteiger partial charge is 0.480 e. The number of hydrogen-bond donors (Lipinski definition) is 1. The number of carboxylic acid groups (broad SMARTS) is 1. The van der Waals surface area contributed by atoms with Crippen LogP contribution in [-0.2, 0) is 9.59 Å². The first-order valence-corrected chi connectivity index (χ1v) is 6.66. The van der Waals surface area contributed by atoms with Crippen molar-refractivity contribution in [1.82, 2.24) is 0 Å². The summed E-state index contributed by atoms with van der Waals surface area (Å²) in [6.45, 7) is 3.51. The number of anilines is 1. The molecule has 0 radical (unpaired) electrons. The zero-order chi connectivity index (χ0) is 14.4. The number of nitrogens with zero attached hydrogens (tertiary/aromatic N) is 1. The van der Waals surface area contributed by atoms with Gasteiger partial charge in [-0.3, -0.25) is 9.59 Å². The molecular formula is C14H18ClNO3. The van der Waals surface area contributed by atoms with E-state index in [9.17, 15) is 9.59 Å². The fourth-order valence-corrected chi connectivity index (χ4v) is 2.04. The number of aliphatic carboxylic acids is 1. The molecule has 0 aliphatic rings. The topological polar surface area (TPSA) is 57.6 Å². The second kappa shape index (κ2) is 7.14. The molecule has 0 fully saturated rings. The molecule has 0 unspecified atom stereocenters. The zero-order valence-electron chi connectivity index (χ0n) is 11.1. The highest BCUT2D eigenvalue weighted by atomic mass is 35.5. The van der Waals surface area contributed by atoms with Crippen molar-refractivity contribution in [3.8, 4) is 0 Å². The molecule has 1 rings (SSSR count). The molecule has 19 heavy (non-hydrogen) atoms. The van der Waals surface area contributed by atoms with E-state index in [0.29, 0.717) is 23.6 Å². The standard InChI is InChI=1S/C14H18ClNO3/c1-3-10(4-2)14(19)16(9-13(17)18)12-7-5-11(15)6-8-12/h5-8,10H,3-4,9H2,1-2H3,(H,17,18). The second-order valence-electron chi connectivity index (χ2n) is 4.31. The maximum atomic E-state index is 12.4. The maximum absolute atomic E-state index is 12.4. The molecule has 104 valence electrons. The number of hydrogen-bond acceptors (Lipinski definition) is 2. The lowest BCUT2D eigenvalue weighted by Crippen LogP contribution is -2.39. The van der Waals surface area contributed by atoms with E-state index in [0.717, 1.165) is 0 Å². The zero-order valence-corrected chi connectivity index (χ0v) is 11.9. The van der Waals surface area contributed by atoms with Gasteiger partial charge < -0.3 is 10.0 Å². The van der Waals surface area contributed by atoms with Crippen LogP contribution in [0.15, 0.2) is 24.3 Å². The average Bonchev–Trinajstić information content (AvgIpc) is 2.38. The van der Waals surface area contributed by atoms with Gasteiger partial charge in [-0.05, 0) is 37.1 Å². The van der Waals surface area contributed by atoms with Crippen molar-refractivity contribution in [3.05, 3.63) is 29.3 Å². The first-order valence-electron chi connectivity index (χ1n) is 6.28. The Morgan fingerprint density at radius 3 is 2.16 bits per heavy atom. The highest BCUT2D eigenvalue weighted by Gasteiger charge is 2.24. The predicted molar refractivity (Wildman–Crippen MR) is 75.5 cm³/mol. The van der Waals surface area contributed by atoms with Gasteiger partial charge in [-0.2, -0.15) is 0 Å². The molecule has 1 N–H and O–H groups in total. The minimum absolute atomic E-state index is 0.157. The smallest absolute Gasteiger partial charge is 0.323 e. The van der Waals surface area contributed by atoms with Crippen molar-refractivity contribution in [1.29, 1.82) is 0 Å². The van der Waals surface area contributed by atoms with Gasteiger partial charge in [0.05, 0.1) is 0 Å². The molecule has 0 spiro atoms. The van der Waals surface area contributed by atoms with Crippen LogP contribution in [0.25, 0.3) is 0 Å². The van der Waals surface area contributed by atoms with Crippen LogP contribution in [0, 0.1) is 5.92 Å². The second-order valence-corrected chi connectivity index (χ2v) is 4.74. The Hall–Kier alpha value is -1.55. The first kappa shape index (κ1) is 15.5. The van der Waals surface area contributed by atoms with Gasteiger partial charge in [-0.15, -0.1) is 0 Å². The van der Waals surface area contributed by atoms with Crippen LogP contribution in [-0.4, -0.2) is 23.5 Å². The van der Waals surface area contributed by atoms with Crippen LogP contribution in [0.4, 0.5) is 5.69 Å². The van der Waals surface area contributed by atoms with E-state index >= 15 is 0 Å². The van der Waals surface area contributed by atoms with Gasteiger partial charge in [0.1, 0.15) is 6.54 Å². The highest BCUT2D eigenvalue weighted by Crippen LogP contribution is 2.21. The molecule has 5 heteroatoms. The molecule has 1 aromatic carbocycles. The molecule has 0 aromatic heterocycles. The van der Waals surface area contributed by atoms with Crippen molar-refractivity contribution in [3.63, 3.8) is 0 Å². The molecule has 4 nitrogen and oxygen atoms in total. The lowest BCUT2D eigenvalue weighted by molar-refractivity contribution is -0.137. The van der Waals surface area contributed by atoms with Crippen molar-refractivity contribution in [2.45, 2.75) is 26.7 Å². The van der Waals surface area contributed by atoms with Crippen LogP contribution >= 0.6 is 11.6 Å². The Morgan fingerprint density at radius 2 is 1.74 bits per heavy atom. The Kier molecular flexibility index (Phi) is 5.83. The summed E-state index contributed by atoms with van der Waals surface area (Å²) in [5, 5.41) is 9.51. The first-order chi connectivity index (χ1) is 8.99. The third-order valence-corrected chi connectivity index (χ3v) is 3.28. The van der Waals surface area contributed by atoms with E-state index in [4.69, 9.17) is 16.7 Å². The monoisotopic (exact) mass is 283 g/mol. The summed E-state index contributed by atoms with van der Waals surface area (Å²) < 4.78 is 0. The molecule has 0 aliphatic carbocycles. The summed E-state index contributed by atoms with van der Waals surface area (Å²) in [4.78, 5) is 24.6. The number of amides is 1. The Morgan fingerprint density at radius 1 is 1.21 bits per heavy atom. The fourth-order valence-electron chi connectivity index (χ4n) is 1.91. The summed E-state index contributed by atoms with van der Waals surface area (Å²) in [6.07, 6.45) is 1.39. The normalized spacial score (nSPS) is 10.5. The Labute approximate surface area is 118 Å². The van der Waals surface area contributed by atoms with Gasteiger partial charge in [0.25, 0.3) is 0 Å². The summed E-state index contributed by atoms with van der Waals surface area (Å²) in [5.74, 6) is -1.35. The van der Waals surface area contributed by atoms with E-state index in [1.54, 1.807) is 24.3 Å². The van der Waals surface area contributed by atoms with Crippen LogP contribution in [0.3, 0.4) is 0 Å². The lowest BCUT2D eigenvalue weighted by Gasteiger charge is -2.25. The highest BCUT2D eigenvalue weighted by molar-refractivity contribution is 6.30. The van der Waals surface area contributed by atoms with E-state index in [-0.39, 0.29) is 18.4 Å². The molecule has 0 saturated heterocycles. The minimum atomic E-state index is -1.03. The van der Waals surface area contributed by atoms with E-state index in [2.05, 4.69) is 0 Å². The number of benzene rings is 1. The summed E-state index contributed by atoms with van der Waals surface area (Å²) in [5.41, 5.74) is 0.559. The van der Waals surface area contributed by atoms with E-state index in [1.807, 2.05) is 13.8 Å². The van der Waals surface area contributed by atoms with Gasteiger partial charge in [-0.25, -0.2) is 0 Å². The quantitative estimate of drug-likeness (QED) is 0.872. The van der Waals surface area contributed by atoms with Crippen molar-refractivity contribution in [2.24, 2.45) is 5.92 Å². The predicted octanol–water partition coefficient (Wildman–Crippen LogP) is 3.19. The molecule has 0 heterocycles. The maximum Gasteiger partial charge on any atom is 0.323 e. The SMILES string of the molecule is CCC(CC)C(=O)N(CC(=O)O)c1ccc(Cl)cc1. The third kappa shape index (κ3) is 4.24. The van der Waals surface area contributed by atoms with Crippen LogP contribution < -0.4 is 4.90 Å². The molecule has 0 aliphatic heterocycles. The summed E-state index contributed by atoms with van der Waals surface area (Å²) in [7, 11) is 0. The average molecular weight is 284 g/mol. The minimum Gasteiger partial charge on any atom is -0.480 e. The van der Waals surface area contributed by atoms with Gasteiger partial charge in [0.2, 0.25) is 5.91 Å². The van der Waals surface area contributed by atoms with Crippen molar-refractivity contribution < 1.29 is 14.7 Å². The molecule has 1 amide bonds. The number of carboxylic acids is 1. The fraction of sp³-hybridized carbons (Fsp3) is 0.429. The van der Waals surface area contributed by atoms with Crippen LogP contribution in [0.5, 0.6) is 0 Å². The number of carbonyl (C=O) groups is 2. The number of halogens is 1. The number of rotatable bonds is 6. The summed E-state index contributed by atoms with van der Waals surface area (Å²) >= 11 is 5.80. The Balaban J connectivity index is 3.03. The van der Waals surface area contributed by atoms with Crippen molar-refractivity contribution in [2.75, 3.05) is 11.4 Å². The van der Waals surface area contributed by atoms with Crippen LogP contribution in [0.2, 0.25) is 5.02 Å².